The first-order valence-electron chi connectivity index (χ1n) is 6.54. The summed E-state index contributed by atoms with van der Waals surface area (Å²) in [7, 11) is 0. The van der Waals surface area contributed by atoms with Gasteiger partial charge in [-0.25, -0.2) is 0 Å². The standard InChI is InChI=1S/C15H20O/c1-10-4-3-6-15(2)7-5-11(8-13(10)15)12-9-14(12)16/h9,11,13H,1,3-8H2,2H3/t11-,13+,15-/m1/s1. The van der Waals surface area contributed by atoms with E-state index in [2.05, 4.69) is 13.5 Å². The first-order valence-corrected chi connectivity index (χ1v) is 6.54. The van der Waals surface area contributed by atoms with Gasteiger partial charge in [0.15, 0.2) is 5.43 Å². The molecule has 0 unspecified atom stereocenters. The third-order valence-corrected chi connectivity index (χ3v) is 5.09. The van der Waals surface area contributed by atoms with Crippen LogP contribution in [-0.2, 0) is 0 Å². The van der Waals surface area contributed by atoms with Crippen molar-refractivity contribution in [3.05, 3.63) is 34.0 Å². The Morgan fingerprint density at radius 2 is 2.19 bits per heavy atom. The Morgan fingerprint density at radius 1 is 1.44 bits per heavy atom. The highest BCUT2D eigenvalue weighted by molar-refractivity contribution is 5.30. The Bertz CT molecular complexity index is 435. The first kappa shape index (κ1) is 10.3. The van der Waals surface area contributed by atoms with Crippen molar-refractivity contribution >= 4 is 0 Å². The highest BCUT2D eigenvalue weighted by atomic mass is 16.1. The van der Waals surface area contributed by atoms with Crippen LogP contribution in [0.15, 0.2) is 23.0 Å². The average Bonchev–Trinajstić information content (AvgIpc) is 2.95. The van der Waals surface area contributed by atoms with Crippen molar-refractivity contribution < 1.29 is 0 Å². The van der Waals surface area contributed by atoms with Gasteiger partial charge >= 0.3 is 0 Å². The lowest BCUT2D eigenvalue weighted by Gasteiger charge is -2.48. The zero-order chi connectivity index (χ0) is 11.3. The van der Waals surface area contributed by atoms with Gasteiger partial charge in [-0.2, -0.15) is 0 Å². The van der Waals surface area contributed by atoms with E-state index in [4.69, 9.17) is 0 Å². The van der Waals surface area contributed by atoms with E-state index >= 15 is 0 Å². The maximum atomic E-state index is 11.2. The molecule has 3 atom stereocenters. The molecule has 0 spiro atoms. The highest BCUT2D eigenvalue weighted by Crippen LogP contribution is 2.55. The Morgan fingerprint density at radius 3 is 2.88 bits per heavy atom. The van der Waals surface area contributed by atoms with E-state index < -0.39 is 0 Å². The molecule has 1 nitrogen and oxygen atoms in total. The second-order valence-corrected chi connectivity index (χ2v) is 6.15. The summed E-state index contributed by atoms with van der Waals surface area (Å²) < 4.78 is 0. The van der Waals surface area contributed by atoms with E-state index in [1.165, 1.54) is 44.1 Å². The predicted molar refractivity (Wildman–Crippen MR) is 66.3 cm³/mol. The molecule has 0 bridgehead atoms. The van der Waals surface area contributed by atoms with E-state index in [0.717, 1.165) is 5.56 Å². The molecule has 0 aliphatic heterocycles. The minimum Gasteiger partial charge on any atom is -0.290 e. The van der Waals surface area contributed by atoms with E-state index in [1.807, 2.05) is 6.07 Å². The summed E-state index contributed by atoms with van der Waals surface area (Å²) in [5.74, 6) is 1.23. The zero-order valence-electron chi connectivity index (χ0n) is 10.1. The van der Waals surface area contributed by atoms with E-state index in [-0.39, 0.29) is 0 Å². The van der Waals surface area contributed by atoms with Gasteiger partial charge in [0.05, 0.1) is 0 Å². The van der Waals surface area contributed by atoms with Gasteiger partial charge in [-0.3, -0.25) is 4.79 Å². The fourth-order valence-electron chi connectivity index (χ4n) is 3.92. The molecule has 16 heavy (non-hydrogen) atoms. The number of hydrogen-bond donors (Lipinski definition) is 0. The summed E-state index contributed by atoms with van der Waals surface area (Å²) in [5.41, 5.74) is 3.38. The third-order valence-electron chi connectivity index (χ3n) is 5.09. The lowest BCUT2D eigenvalue weighted by atomic mass is 9.57. The second-order valence-electron chi connectivity index (χ2n) is 6.15. The number of rotatable bonds is 1. The third kappa shape index (κ3) is 1.49. The van der Waals surface area contributed by atoms with Gasteiger partial charge in [-0.05, 0) is 61.8 Å². The van der Waals surface area contributed by atoms with E-state index in [1.54, 1.807) is 0 Å². The van der Waals surface area contributed by atoms with E-state index in [0.29, 0.717) is 22.7 Å². The zero-order valence-corrected chi connectivity index (χ0v) is 10.1. The molecule has 0 N–H and O–H groups in total. The molecule has 0 radical (unpaired) electrons. The van der Waals surface area contributed by atoms with Crippen LogP contribution >= 0.6 is 0 Å². The summed E-state index contributed by atoms with van der Waals surface area (Å²) in [6.45, 7) is 6.70. The fourth-order valence-corrected chi connectivity index (χ4v) is 3.92. The normalized spacial score (nSPS) is 39.9. The van der Waals surface area contributed by atoms with Crippen LogP contribution in [-0.4, -0.2) is 0 Å². The maximum absolute atomic E-state index is 11.2. The largest absolute Gasteiger partial charge is 0.290 e. The van der Waals surface area contributed by atoms with Gasteiger partial charge in [0.25, 0.3) is 0 Å². The van der Waals surface area contributed by atoms with Crippen molar-refractivity contribution in [2.24, 2.45) is 11.3 Å². The molecule has 0 saturated heterocycles. The molecule has 2 aliphatic carbocycles. The monoisotopic (exact) mass is 216 g/mol. The van der Waals surface area contributed by atoms with Gasteiger partial charge < -0.3 is 0 Å². The van der Waals surface area contributed by atoms with Crippen LogP contribution in [0, 0.1) is 11.3 Å². The lowest BCUT2D eigenvalue weighted by Crippen LogP contribution is -2.37. The second kappa shape index (κ2) is 3.32. The molecule has 1 heteroatoms. The minimum absolute atomic E-state index is 0.315. The summed E-state index contributed by atoms with van der Waals surface area (Å²) >= 11 is 0. The molecule has 0 amide bonds. The molecule has 1 aromatic carbocycles. The van der Waals surface area contributed by atoms with Crippen LogP contribution in [0.1, 0.15) is 56.9 Å². The number of allylic oxidation sites excluding steroid dienone is 1. The van der Waals surface area contributed by atoms with Crippen molar-refractivity contribution in [1.29, 1.82) is 0 Å². The van der Waals surface area contributed by atoms with Crippen molar-refractivity contribution in [3.8, 4) is 0 Å². The van der Waals surface area contributed by atoms with Crippen molar-refractivity contribution in [3.63, 3.8) is 0 Å². The fraction of sp³-hybridized carbons (Fsp3) is 0.667. The van der Waals surface area contributed by atoms with Gasteiger partial charge in [0.1, 0.15) is 0 Å². The summed E-state index contributed by atoms with van der Waals surface area (Å²) in [6, 6.07) is 1.83. The van der Waals surface area contributed by atoms with Crippen molar-refractivity contribution in [2.75, 3.05) is 0 Å². The topological polar surface area (TPSA) is 17.1 Å². The summed E-state index contributed by atoms with van der Waals surface area (Å²) in [5, 5.41) is 0. The minimum atomic E-state index is 0.315. The van der Waals surface area contributed by atoms with Crippen molar-refractivity contribution in [1.82, 2.24) is 0 Å². The Kier molecular flexibility index (Phi) is 2.14. The summed E-state index contributed by atoms with van der Waals surface area (Å²) in [4.78, 5) is 11.2. The molecule has 1 aromatic rings. The Hall–Kier alpha value is -0.850. The molecular weight excluding hydrogens is 196 g/mol. The van der Waals surface area contributed by atoms with Gasteiger partial charge in [0, 0.05) is 5.56 Å². The van der Waals surface area contributed by atoms with Crippen molar-refractivity contribution in [2.45, 2.75) is 51.4 Å². The molecule has 0 heterocycles. The van der Waals surface area contributed by atoms with Gasteiger partial charge in [-0.15, -0.1) is 0 Å². The maximum Gasteiger partial charge on any atom is 0.182 e. The average molecular weight is 216 g/mol. The van der Waals surface area contributed by atoms with Gasteiger partial charge in [-0.1, -0.05) is 19.1 Å². The molecule has 2 fully saturated rings. The van der Waals surface area contributed by atoms with E-state index in [9.17, 15) is 4.79 Å². The number of fused-ring (bicyclic) bond motifs is 1. The summed E-state index contributed by atoms with van der Waals surface area (Å²) in [6.07, 6.45) is 7.57. The van der Waals surface area contributed by atoms with Crippen LogP contribution in [0.2, 0.25) is 0 Å². The van der Waals surface area contributed by atoms with Gasteiger partial charge in [0.2, 0.25) is 0 Å². The molecule has 3 rings (SSSR count). The SMILES string of the molecule is C=C1CCC[C@]2(C)CC[C@@H](c3cc3=O)C[C@@H]12. The highest BCUT2D eigenvalue weighted by Gasteiger charge is 2.44. The molecule has 86 valence electrons. The van der Waals surface area contributed by atoms with Crippen LogP contribution in [0.3, 0.4) is 0 Å². The molecule has 0 aromatic heterocycles. The quantitative estimate of drug-likeness (QED) is 0.656. The Balaban J connectivity index is 1.81. The van der Waals surface area contributed by atoms with Crippen LogP contribution < -0.4 is 5.43 Å². The first-order chi connectivity index (χ1) is 7.60. The van der Waals surface area contributed by atoms with Crippen LogP contribution in [0.4, 0.5) is 0 Å². The van der Waals surface area contributed by atoms with Crippen LogP contribution in [0.25, 0.3) is 0 Å². The van der Waals surface area contributed by atoms with Crippen LogP contribution in [0.5, 0.6) is 0 Å². The number of hydrogen-bond acceptors (Lipinski definition) is 1. The molecule has 2 aliphatic rings. The molecular formula is C15H20O. The molecule has 2 saturated carbocycles. The predicted octanol–water partition coefficient (Wildman–Crippen LogP) is 3.55. The lowest BCUT2D eigenvalue weighted by molar-refractivity contribution is 0.0936. The smallest absolute Gasteiger partial charge is 0.182 e. The Labute approximate surface area is 97.2 Å².